The van der Waals surface area contributed by atoms with Gasteiger partial charge in [0.25, 0.3) is 5.91 Å². The van der Waals surface area contributed by atoms with Crippen molar-refractivity contribution in [2.75, 3.05) is 13.1 Å². The fraction of sp³-hybridized carbons (Fsp3) is 0.467. The SMILES string of the molecule is CC1CCCCN(C(=O)c2ccc3ncsc3c2)C1. The highest BCUT2D eigenvalue weighted by Crippen LogP contribution is 2.22. The number of hydrogen-bond donors (Lipinski definition) is 0. The van der Waals surface area contributed by atoms with Gasteiger partial charge in [0.2, 0.25) is 0 Å². The number of carbonyl (C=O) groups excluding carboxylic acids is 1. The fourth-order valence-electron chi connectivity index (χ4n) is 2.71. The Hall–Kier alpha value is -1.42. The molecule has 0 radical (unpaired) electrons. The Kier molecular flexibility index (Phi) is 3.51. The first kappa shape index (κ1) is 12.6. The van der Waals surface area contributed by atoms with Crippen LogP contribution in [0.15, 0.2) is 23.7 Å². The molecule has 2 heterocycles. The van der Waals surface area contributed by atoms with Crippen molar-refractivity contribution in [3.63, 3.8) is 0 Å². The number of rotatable bonds is 1. The van der Waals surface area contributed by atoms with Gasteiger partial charge in [-0.15, -0.1) is 11.3 Å². The number of fused-ring (bicyclic) bond motifs is 1. The minimum absolute atomic E-state index is 0.170. The Balaban J connectivity index is 1.85. The van der Waals surface area contributed by atoms with E-state index in [0.717, 1.165) is 35.3 Å². The minimum Gasteiger partial charge on any atom is -0.338 e. The highest BCUT2D eigenvalue weighted by Gasteiger charge is 2.20. The summed E-state index contributed by atoms with van der Waals surface area (Å²) >= 11 is 1.59. The van der Waals surface area contributed by atoms with Crippen LogP contribution in [0.4, 0.5) is 0 Å². The molecule has 0 saturated carbocycles. The maximum atomic E-state index is 12.6. The van der Waals surface area contributed by atoms with E-state index < -0.39 is 0 Å². The van der Waals surface area contributed by atoms with Gasteiger partial charge in [0.15, 0.2) is 0 Å². The van der Waals surface area contributed by atoms with Gasteiger partial charge in [-0.25, -0.2) is 4.98 Å². The molecular weight excluding hydrogens is 256 g/mol. The van der Waals surface area contributed by atoms with Crippen molar-refractivity contribution >= 4 is 27.5 Å². The highest BCUT2D eigenvalue weighted by molar-refractivity contribution is 7.16. The second-order valence-corrected chi connectivity index (χ2v) is 6.27. The van der Waals surface area contributed by atoms with Crippen LogP contribution in [0.1, 0.15) is 36.5 Å². The average Bonchev–Trinajstić information content (AvgIpc) is 2.78. The smallest absolute Gasteiger partial charge is 0.253 e. The van der Waals surface area contributed by atoms with Crippen molar-refractivity contribution in [3.05, 3.63) is 29.3 Å². The first-order chi connectivity index (χ1) is 9.24. The molecule has 1 aromatic carbocycles. The zero-order valence-electron chi connectivity index (χ0n) is 11.1. The molecule has 0 N–H and O–H groups in total. The molecule has 0 aliphatic carbocycles. The lowest BCUT2D eigenvalue weighted by Crippen LogP contribution is -2.34. The molecule has 1 aliphatic rings. The number of likely N-dealkylation sites (tertiary alicyclic amines) is 1. The molecule has 19 heavy (non-hydrogen) atoms. The van der Waals surface area contributed by atoms with E-state index in [4.69, 9.17) is 0 Å². The third-order valence-corrected chi connectivity index (χ3v) is 4.56. The predicted octanol–water partition coefficient (Wildman–Crippen LogP) is 3.56. The maximum Gasteiger partial charge on any atom is 0.253 e. The van der Waals surface area contributed by atoms with Gasteiger partial charge in [0.05, 0.1) is 15.7 Å². The predicted molar refractivity (Wildman–Crippen MR) is 78.5 cm³/mol. The quantitative estimate of drug-likeness (QED) is 0.796. The Morgan fingerprint density at radius 1 is 1.42 bits per heavy atom. The number of thiazole rings is 1. The summed E-state index contributed by atoms with van der Waals surface area (Å²) in [5.41, 5.74) is 3.60. The average molecular weight is 274 g/mol. The molecule has 1 amide bonds. The van der Waals surface area contributed by atoms with Crippen LogP contribution in [-0.4, -0.2) is 28.9 Å². The largest absolute Gasteiger partial charge is 0.338 e. The fourth-order valence-corrected chi connectivity index (χ4v) is 3.43. The number of benzene rings is 1. The number of carbonyl (C=O) groups is 1. The molecular formula is C15H18N2OS. The monoisotopic (exact) mass is 274 g/mol. The van der Waals surface area contributed by atoms with Gasteiger partial charge in [-0.2, -0.15) is 0 Å². The van der Waals surface area contributed by atoms with Crippen LogP contribution >= 0.6 is 11.3 Å². The number of amides is 1. The summed E-state index contributed by atoms with van der Waals surface area (Å²) in [5, 5.41) is 0. The summed E-state index contributed by atoms with van der Waals surface area (Å²) in [6.45, 7) is 4.02. The van der Waals surface area contributed by atoms with Crippen LogP contribution in [0.5, 0.6) is 0 Å². The highest BCUT2D eigenvalue weighted by atomic mass is 32.1. The van der Waals surface area contributed by atoms with Crippen LogP contribution in [0.25, 0.3) is 10.2 Å². The van der Waals surface area contributed by atoms with E-state index in [9.17, 15) is 4.79 Å². The summed E-state index contributed by atoms with van der Waals surface area (Å²) in [7, 11) is 0. The lowest BCUT2D eigenvalue weighted by atomic mass is 10.1. The van der Waals surface area contributed by atoms with E-state index >= 15 is 0 Å². The Morgan fingerprint density at radius 2 is 2.32 bits per heavy atom. The molecule has 1 aliphatic heterocycles. The zero-order chi connectivity index (χ0) is 13.2. The van der Waals surface area contributed by atoms with Crippen LogP contribution < -0.4 is 0 Å². The second kappa shape index (κ2) is 5.29. The van der Waals surface area contributed by atoms with Gasteiger partial charge in [-0.3, -0.25) is 4.79 Å². The van der Waals surface area contributed by atoms with Crippen molar-refractivity contribution in [3.8, 4) is 0 Å². The van der Waals surface area contributed by atoms with Gasteiger partial charge in [-0.05, 0) is 37.0 Å². The molecule has 2 aromatic rings. The summed E-state index contributed by atoms with van der Waals surface area (Å²) in [4.78, 5) is 18.8. The van der Waals surface area contributed by atoms with E-state index in [-0.39, 0.29) is 5.91 Å². The van der Waals surface area contributed by atoms with E-state index in [2.05, 4.69) is 11.9 Å². The normalized spacial score (nSPS) is 20.5. The molecule has 100 valence electrons. The first-order valence-corrected chi connectivity index (χ1v) is 7.74. The van der Waals surface area contributed by atoms with Crippen molar-refractivity contribution in [1.82, 2.24) is 9.88 Å². The van der Waals surface area contributed by atoms with E-state index in [1.807, 2.05) is 28.6 Å². The Morgan fingerprint density at radius 3 is 3.21 bits per heavy atom. The standard InChI is InChI=1S/C15H18N2OS/c1-11-4-2-3-7-17(9-11)15(18)12-5-6-13-14(8-12)19-10-16-13/h5-6,8,10-11H,2-4,7,9H2,1H3. The van der Waals surface area contributed by atoms with Crippen molar-refractivity contribution < 1.29 is 4.79 Å². The third-order valence-electron chi connectivity index (χ3n) is 3.77. The zero-order valence-corrected chi connectivity index (χ0v) is 11.9. The number of hydrogen-bond acceptors (Lipinski definition) is 3. The maximum absolute atomic E-state index is 12.6. The summed E-state index contributed by atoms with van der Waals surface area (Å²) in [6.07, 6.45) is 3.59. The summed E-state index contributed by atoms with van der Waals surface area (Å²) in [6, 6.07) is 5.82. The van der Waals surface area contributed by atoms with Crippen LogP contribution in [0, 0.1) is 5.92 Å². The Labute approximate surface area is 117 Å². The molecule has 1 fully saturated rings. The first-order valence-electron chi connectivity index (χ1n) is 6.86. The van der Waals surface area contributed by atoms with E-state index in [0.29, 0.717) is 5.92 Å². The van der Waals surface area contributed by atoms with Gasteiger partial charge >= 0.3 is 0 Å². The molecule has 0 bridgehead atoms. The lowest BCUT2D eigenvalue weighted by Gasteiger charge is -2.22. The van der Waals surface area contributed by atoms with Gasteiger partial charge in [-0.1, -0.05) is 13.3 Å². The summed E-state index contributed by atoms with van der Waals surface area (Å²) < 4.78 is 1.09. The topological polar surface area (TPSA) is 33.2 Å². The van der Waals surface area contributed by atoms with Crippen molar-refractivity contribution in [2.24, 2.45) is 5.92 Å². The molecule has 1 saturated heterocycles. The molecule has 0 spiro atoms. The van der Waals surface area contributed by atoms with Crippen molar-refractivity contribution in [1.29, 1.82) is 0 Å². The molecule has 4 heteroatoms. The number of aromatic nitrogens is 1. The van der Waals surface area contributed by atoms with Gasteiger partial charge in [0.1, 0.15) is 0 Å². The molecule has 1 unspecified atom stereocenters. The van der Waals surface area contributed by atoms with Crippen LogP contribution in [0.3, 0.4) is 0 Å². The summed E-state index contributed by atoms with van der Waals surface area (Å²) in [5.74, 6) is 0.780. The van der Waals surface area contributed by atoms with Crippen molar-refractivity contribution in [2.45, 2.75) is 26.2 Å². The van der Waals surface area contributed by atoms with Gasteiger partial charge < -0.3 is 4.90 Å². The van der Waals surface area contributed by atoms with E-state index in [1.165, 1.54) is 12.8 Å². The van der Waals surface area contributed by atoms with Crippen LogP contribution in [-0.2, 0) is 0 Å². The second-order valence-electron chi connectivity index (χ2n) is 5.39. The minimum atomic E-state index is 0.170. The number of nitrogens with zero attached hydrogens (tertiary/aromatic N) is 2. The molecule has 3 nitrogen and oxygen atoms in total. The van der Waals surface area contributed by atoms with E-state index in [1.54, 1.807) is 11.3 Å². The molecule has 1 atom stereocenters. The van der Waals surface area contributed by atoms with Crippen LogP contribution in [0.2, 0.25) is 0 Å². The molecule has 3 rings (SSSR count). The van der Waals surface area contributed by atoms with Gasteiger partial charge in [0, 0.05) is 18.7 Å². The Bertz CT molecular complexity index is 593. The third kappa shape index (κ3) is 2.63. The molecule has 1 aromatic heterocycles. The lowest BCUT2D eigenvalue weighted by molar-refractivity contribution is 0.0745.